The van der Waals surface area contributed by atoms with E-state index in [1.165, 1.54) is 0 Å². The Hall–Kier alpha value is -1.27. The summed E-state index contributed by atoms with van der Waals surface area (Å²) in [5, 5.41) is 2.71. The fourth-order valence-corrected chi connectivity index (χ4v) is 2.85. The average molecular weight is 305 g/mol. The van der Waals surface area contributed by atoms with Crippen molar-refractivity contribution in [2.75, 3.05) is 22.9 Å². The molecule has 19 heavy (non-hydrogen) atoms. The summed E-state index contributed by atoms with van der Waals surface area (Å²) in [7, 11) is -3.52. The number of anilines is 1. The number of carbonyl (C=O) groups excluding carboxylic acids is 1. The fraction of sp³-hybridized carbons (Fsp3) is 0.417. The molecule has 0 saturated carbocycles. The molecule has 1 amide bonds. The van der Waals surface area contributed by atoms with Gasteiger partial charge in [-0.15, -0.1) is 11.6 Å². The minimum Gasteiger partial charge on any atom is -0.352 e. The summed E-state index contributed by atoms with van der Waals surface area (Å²) in [6, 6.07) is 6.46. The lowest BCUT2D eigenvalue weighted by Gasteiger charge is -2.11. The Bertz CT molecular complexity index is 532. The van der Waals surface area contributed by atoms with Gasteiger partial charge in [-0.25, -0.2) is 8.42 Å². The van der Waals surface area contributed by atoms with Crippen LogP contribution >= 0.6 is 11.6 Å². The summed E-state index contributed by atoms with van der Waals surface area (Å²) >= 11 is 5.42. The second kappa shape index (κ2) is 7.35. The molecule has 0 aliphatic carbocycles. The van der Waals surface area contributed by atoms with Gasteiger partial charge in [0, 0.05) is 12.4 Å². The summed E-state index contributed by atoms with van der Waals surface area (Å²) in [4.78, 5) is 11.9. The first-order valence-corrected chi connectivity index (χ1v) is 8.12. The maximum Gasteiger partial charge on any atom is 0.253 e. The lowest BCUT2D eigenvalue weighted by atomic mass is 10.1. The normalized spacial score (nSPS) is 11.1. The van der Waals surface area contributed by atoms with Gasteiger partial charge in [-0.05, 0) is 18.6 Å². The number of para-hydroxylation sites is 1. The van der Waals surface area contributed by atoms with E-state index in [-0.39, 0.29) is 23.2 Å². The van der Waals surface area contributed by atoms with Gasteiger partial charge in [-0.2, -0.15) is 0 Å². The Kier molecular flexibility index (Phi) is 6.11. The second-order valence-corrected chi connectivity index (χ2v) is 6.13. The molecule has 1 rings (SSSR count). The Morgan fingerprint density at radius 1 is 1.32 bits per heavy atom. The predicted molar refractivity (Wildman–Crippen MR) is 77.2 cm³/mol. The molecular weight excluding hydrogens is 288 g/mol. The van der Waals surface area contributed by atoms with Crippen molar-refractivity contribution in [2.45, 2.75) is 13.3 Å². The maximum atomic E-state index is 11.9. The number of amides is 1. The third-order valence-corrected chi connectivity index (χ3v) is 4.00. The largest absolute Gasteiger partial charge is 0.352 e. The topological polar surface area (TPSA) is 75.3 Å². The molecule has 0 aromatic heterocycles. The quantitative estimate of drug-likeness (QED) is 0.754. The highest BCUT2D eigenvalue weighted by Gasteiger charge is 2.15. The zero-order valence-corrected chi connectivity index (χ0v) is 12.2. The van der Waals surface area contributed by atoms with E-state index in [2.05, 4.69) is 10.0 Å². The molecular formula is C12H17ClN2O3S. The third kappa shape index (κ3) is 5.08. The van der Waals surface area contributed by atoms with Crippen LogP contribution in [-0.2, 0) is 10.0 Å². The molecule has 0 aliphatic heterocycles. The maximum absolute atomic E-state index is 11.9. The van der Waals surface area contributed by atoms with Gasteiger partial charge in [0.05, 0.1) is 17.0 Å². The van der Waals surface area contributed by atoms with E-state index in [1.54, 1.807) is 24.3 Å². The summed E-state index contributed by atoms with van der Waals surface area (Å²) in [6.45, 7) is 2.48. The molecule has 0 radical (unpaired) electrons. The molecule has 7 heteroatoms. The Morgan fingerprint density at radius 2 is 2.00 bits per heavy atom. The number of carbonyl (C=O) groups is 1. The zero-order chi connectivity index (χ0) is 14.3. The van der Waals surface area contributed by atoms with E-state index >= 15 is 0 Å². The van der Waals surface area contributed by atoms with Crippen molar-refractivity contribution in [1.29, 1.82) is 0 Å². The van der Waals surface area contributed by atoms with Crippen LogP contribution in [0, 0.1) is 0 Å². The van der Waals surface area contributed by atoms with Crippen molar-refractivity contribution in [3.05, 3.63) is 29.8 Å². The number of benzene rings is 1. The van der Waals surface area contributed by atoms with Gasteiger partial charge in [-0.3, -0.25) is 9.52 Å². The van der Waals surface area contributed by atoms with Crippen LogP contribution in [0.2, 0.25) is 0 Å². The molecule has 0 atom stereocenters. The predicted octanol–water partition coefficient (Wildman–Crippen LogP) is 1.81. The van der Waals surface area contributed by atoms with Gasteiger partial charge in [0.1, 0.15) is 0 Å². The van der Waals surface area contributed by atoms with Crippen LogP contribution in [0.25, 0.3) is 0 Å². The lowest BCUT2D eigenvalue weighted by Crippen LogP contribution is -2.26. The number of alkyl halides is 1. The number of hydrogen-bond acceptors (Lipinski definition) is 3. The van der Waals surface area contributed by atoms with Gasteiger partial charge in [0.2, 0.25) is 10.0 Å². The highest BCUT2D eigenvalue weighted by atomic mass is 35.5. The number of hydrogen-bond donors (Lipinski definition) is 2. The number of halogens is 1. The first kappa shape index (κ1) is 15.8. The second-order valence-electron chi connectivity index (χ2n) is 3.91. The third-order valence-electron chi connectivity index (χ3n) is 2.32. The highest BCUT2D eigenvalue weighted by molar-refractivity contribution is 7.92. The lowest BCUT2D eigenvalue weighted by molar-refractivity contribution is 0.0954. The van der Waals surface area contributed by atoms with E-state index in [9.17, 15) is 13.2 Å². The minimum atomic E-state index is -3.52. The SMILES string of the molecule is CCCNC(=O)c1ccccc1NS(=O)(=O)CCCl. The Morgan fingerprint density at radius 3 is 2.63 bits per heavy atom. The van der Waals surface area contributed by atoms with Crippen LogP contribution in [0.5, 0.6) is 0 Å². The van der Waals surface area contributed by atoms with Crippen LogP contribution in [0.4, 0.5) is 5.69 Å². The van der Waals surface area contributed by atoms with E-state index in [0.29, 0.717) is 12.1 Å². The molecule has 0 heterocycles. The number of rotatable bonds is 7. The summed E-state index contributed by atoms with van der Waals surface area (Å²) < 4.78 is 25.7. The van der Waals surface area contributed by atoms with Gasteiger partial charge in [-0.1, -0.05) is 19.1 Å². The molecule has 106 valence electrons. The fourth-order valence-electron chi connectivity index (χ4n) is 1.42. The van der Waals surface area contributed by atoms with Crippen LogP contribution in [0.15, 0.2) is 24.3 Å². The Labute approximate surface area is 118 Å². The summed E-state index contributed by atoms with van der Waals surface area (Å²) in [5.74, 6) is -0.495. The first-order chi connectivity index (χ1) is 9.00. The van der Waals surface area contributed by atoms with E-state index in [1.807, 2.05) is 6.92 Å². The molecule has 0 fully saturated rings. The molecule has 0 unspecified atom stereocenters. The monoisotopic (exact) mass is 304 g/mol. The molecule has 0 aliphatic rings. The van der Waals surface area contributed by atoms with E-state index in [0.717, 1.165) is 6.42 Å². The average Bonchev–Trinajstić information content (AvgIpc) is 2.36. The van der Waals surface area contributed by atoms with Crippen molar-refractivity contribution in [3.63, 3.8) is 0 Å². The van der Waals surface area contributed by atoms with Gasteiger partial charge in [0.25, 0.3) is 5.91 Å². The molecule has 2 N–H and O–H groups in total. The highest BCUT2D eigenvalue weighted by Crippen LogP contribution is 2.16. The van der Waals surface area contributed by atoms with Crippen molar-refractivity contribution >= 4 is 33.2 Å². The van der Waals surface area contributed by atoms with Crippen LogP contribution < -0.4 is 10.0 Å². The molecule has 1 aromatic rings. The van der Waals surface area contributed by atoms with Gasteiger partial charge in [0.15, 0.2) is 0 Å². The Balaban J connectivity index is 2.93. The van der Waals surface area contributed by atoms with Crippen molar-refractivity contribution in [1.82, 2.24) is 5.32 Å². The van der Waals surface area contributed by atoms with E-state index in [4.69, 9.17) is 11.6 Å². The van der Waals surface area contributed by atoms with Crippen molar-refractivity contribution in [2.24, 2.45) is 0 Å². The van der Waals surface area contributed by atoms with Crippen LogP contribution in [-0.4, -0.2) is 32.5 Å². The zero-order valence-electron chi connectivity index (χ0n) is 10.6. The first-order valence-electron chi connectivity index (χ1n) is 5.94. The van der Waals surface area contributed by atoms with Crippen molar-refractivity contribution < 1.29 is 13.2 Å². The summed E-state index contributed by atoms with van der Waals surface area (Å²) in [5.41, 5.74) is 0.565. The van der Waals surface area contributed by atoms with E-state index < -0.39 is 10.0 Å². The minimum absolute atomic E-state index is 0.000465. The standard InChI is InChI=1S/C12H17ClN2O3S/c1-2-8-14-12(16)10-5-3-4-6-11(10)15-19(17,18)9-7-13/h3-6,15H,2,7-9H2,1H3,(H,14,16). The smallest absolute Gasteiger partial charge is 0.253 e. The molecule has 0 saturated heterocycles. The van der Waals surface area contributed by atoms with Gasteiger partial charge < -0.3 is 5.32 Å². The van der Waals surface area contributed by atoms with Crippen LogP contribution in [0.3, 0.4) is 0 Å². The van der Waals surface area contributed by atoms with Gasteiger partial charge >= 0.3 is 0 Å². The molecule has 0 bridgehead atoms. The van der Waals surface area contributed by atoms with Crippen LogP contribution in [0.1, 0.15) is 23.7 Å². The number of nitrogens with one attached hydrogen (secondary N) is 2. The van der Waals surface area contributed by atoms with Crippen molar-refractivity contribution in [3.8, 4) is 0 Å². The number of sulfonamides is 1. The molecule has 1 aromatic carbocycles. The molecule has 5 nitrogen and oxygen atoms in total. The summed E-state index contributed by atoms with van der Waals surface area (Å²) in [6.07, 6.45) is 0.811. The molecule has 0 spiro atoms.